The third kappa shape index (κ3) is 6.25. The van der Waals surface area contributed by atoms with Crippen LogP contribution < -0.4 is 15.4 Å². The Morgan fingerprint density at radius 3 is 2.48 bits per heavy atom. The minimum atomic E-state index is 0.327. The highest BCUT2D eigenvalue weighted by molar-refractivity contribution is 6.31. The highest BCUT2D eigenvalue weighted by Crippen LogP contribution is 2.38. The molecule has 206 valence electrons. The number of aromatic nitrogens is 1. The van der Waals surface area contributed by atoms with Crippen molar-refractivity contribution in [2.45, 2.75) is 39.2 Å². The first-order chi connectivity index (χ1) is 19.6. The number of hydrogen-bond acceptors (Lipinski definition) is 6. The Kier molecular flexibility index (Phi) is 9.22. The number of methoxy groups -OCH3 is 1. The zero-order chi connectivity index (χ0) is 27.9. The molecule has 0 aliphatic carbocycles. The molecule has 1 heterocycles. The summed E-state index contributed by atoms with van der Waals surface area (Å²) in [6, 6.07) is 24.5. The van der Waals surface area contributed by atoms with Gasteiger partial charge in [-0.05, 0) is 86.2 Å². The first-order valence-electron chi connectivity index (χ1n) is 14.0. The predicted molar refractivity (Wildman–Crippen MR) is 168 cm³/mol. The molecule has 6 nitrogen and oxygen atoms in total. The SMILES string of the molecule is CCNCCCC(Cc1c2cc(Cl)ccc2nc2cc(N=Nc3cccc4ccccc34)c(OC)cc12)NCC. The van der Waals surface area contributed by atoms with Crippen molar-refractivity contribution < 1.29 is 4.74 Å². The monoisotopic (exact) mass is 553 g/mol. The Morgan fingerprint density at radius 1 is 0.850 bits per heavy atom. The second-order valence-electron chi connectivity index (χ2n) is 9.95. The molecule has 1 atom stereocenters. The molecule has 5 rings (SSSR count). The Bertz CT molecular complexity index is 1650. The van der Waals surface area contributed by atoms with Crippen molar-refractivity contribution in [3.05, 3.63) is 83.4 Å². The lowest BCUT2D eigenvalue weighted by molar-refractivity contribution is 0.416. The zero-order valence-electron chi connectivity index (χ0n) is 23.4. The van der Waals surface area contributed by atoms with Crippen LogP contribution in [-0.2, 0) is 6.42 Å². The van der Waals surface area contributed by atoms with Crippen molar-refractivity contribution in [3.63, 3.8) is 0 Å². The minimum absolute atomic E-state index is 0.327. The normalized spacial score (nSPS) is 12.6. The standard InChI is InChI=1S/C33H36ClN5O/c1-4-35-17-9-12-24(36-5-2)19-26-27-18-23(34)15-16-29(27)37-31-21-32(33(40-3)20-28(26)31)39-38-30-14-8-11-22-10-6-7-13-25(22)30/h6-8,10-11,13-16,18,20-21,24,35-36H,4-5,9,12,17,19H2,1-3H3. The van der Waals surface area contributed by atoms with Crippen LogP contribution in [0.4, 0.5) is 11.4 Å². The van der Waals surface area contributed by atoms with E-state index >= 15 is 0 Å². The number of benzene rings is 4. The largest absolute Gasteiger partial charge is 0.494 e. The van der Waals surface area contributed by atoms with Gasteiger partial charge in [-0.15, -0.1) is 10.2 Å². The first kappa shape index (κ1) is 28.0. The number of nitrogens with one attached hydrogen (secondary N) is 2. The van der Waals surface area contributed by atoms with Gasteiger partial charge in [-0.2, -0.15) is 0 Å². The van der Waals surface area contributed by atoms with Crippen molar-refractivity contribution >= 4 is 55.6 Å². The van der Waals surface area contributed by atoms with Gasteiger partial charge in [-0.1, -0.05) is 61.8 Å². The molecule has 0 spiro atoms. The van der Waals surface area contributed by atoms with Crippen LogP contribution in [0.5, 0.6) is 5.75 Å². The van der Waals surface area contributed by atoms with Gasteiger partial charge in [-0.3, -0.25) is 0 Å². The molecule has 0 saturated carbocycles. The molecule has 4 aromatic carbocycles. The number of hydrogen-bond donors (Lipinski definition) is 2. The Balaban J connectivity index is 1.59. The summed E-state index contributed by atoms with van der Waals surface area (Å²) in [7, 11) is 1.67. The van der Waals surface area contributed by atoms with E-state index in [1.54, 1.807) is 7.11 Å². The van der Waals surface area contributed by atoms with Crippen molar-refractivity contribution in [3.8, 4) is 5.75 Å². The van der Waals surface area contributed by atoms with Gasteiger partial charge in [0.25, 0.3) is 0 Å². The van der Waals surface area contributed by atoms with E-state index in [1.165, 1.54) is 5.56 Å². The van der Waals surface area contributed by atoms with Gasteiger partial charge in [-0.25, -0.2) is 4.98 Å². The molecular formula is C33H36ClN5O. The van der Waals surface area contributed by atoms with Gasteiger partial charge in [0.05, 0.1) is 23.8 Å². The molecule has 0 aliphatic rings. The van der Waals surface area contributed by atoms with Crippen LogP contribution >= 0.6 is 11.6 Å². The third-order valence-corrected chi connectivity index (χ3v) is 7.51. The van der Waals surface area contributed by atoms with Gasteiger partial charge in [0.2, 0.25) is 0 Å². The first-order valence-corrected chi connectivity index (χ1v) is 14.4. The average molecular weight is 554 g/mol. The van der Waals surface area contributed by atoms with Crippen LogP contribution in [0.3, 0.4) is 0 Å². The van der Waals surface area contributed by atoms with Gasteiger partial charge in [0.1, 0.15) is 11.4 Å². The number of fused-ring (bicyclic) bond motifs is 3. The number of nitrogens with zero attached hydrogens (tertiary/aromatic N) is 3. The molecule has 0 bridgehead atoms. The van der Waals surface area contributed by atoms with Gasteiger partial charge < -0.3 is 15.4 Å². The molecule has 40 heavy (non-hydrogen) atoms. The maximum Gasteiger partial charge on any atom is 0.147 e. The maximum atomic E-state index is 6.48. The van der Waals surface area contributed by atoms with E-state index in [0.29, 0.717) is 22.5 Å². The predicted octanol–water partition coefficient (Wildman–Crippen LogP) is 8.53. The fourth-order valence-electron chi connectivity index (χ4n) is 5.34. The van der Waals surface area contributed by atoms with E-state index < -0.39 is 0 Å². The van der Waals surface area contributed by atoms with E-state index in [2.05, 4.69) is 59.0 Å². The van der Waals surface area contributed by atoms with Crippen LogP contribution in [-0.4, -0.2) is 37.8 Å². The van der Waals surface area contributed by atoms with Crippen LogP contribution in [0, 0.1) is 0 Å². The smallest absolute Gasteiger partial charge is 0.147 e. The number of rotatable bonds is 12. The molecule has 0 aliphatic heterocycles. The Hall–Kier alpha value is -3.58. The molecular weight excluding hydrogens is 518 g/mol. The van der Waals surface area contributed by atoms with Crippen molar-refractivity contribution in [1.29, 1.82) is 0 Å². The van der Waals surface area contributed by atoms with Crippen LogP contribution in [0.2, 0.25) is 5.02 Å². The van der Waals surface area contributed by atoms with Crippen LogP contribution in [0.15, 0.2) is 83.0 Å². The minimum Gasteiger partial charge on any atom is -0.494 e. The lowest BCUT2D eigenvalue weighted by Gasteiger charge is -2.21. The topological polar surface area (TPSA) is 70.9 Å². The highest BCUT2D eigenvalue weighted by Gasteiger charge is 2.18. The van der Waals surface area contributed by atoms with E-state index in [9.17, 15) is 0 Å². The van der Waals surface area contributed by atoms with E-state index in [1.807, 2.05) is 48.5 Å². The number of halogens is 1. The summed E-state index contributed by atoms with van der Waals surface area (Å²) in [5, 5.41) is 21.4. The van der Waals surface area contributed by atoms with Gasteiger partial charge in [0, 0.05) is 27.2 Å². The molecule has 0 fully saturated rings. The quantitative estimate of drug-likeness (QED) is 0.0922. The average Bonchev–Trinajstić information content (AvgIpc) is 2.98. The summed E-state index contributed by atoms with van der Waals surface area (Å²) in [4.78, 5) is 5.01. The molecule has 0 radical (unpaired) electrons. The molecule has 1 aromatic heterocycles. The zero-order valence-corrected chi connectivity index (χ0v) is 24.1. The summed E-state index contributed by atoms with van der Waals surface area (Å²) in [6.45, 7) is 7.22. The molecule has 0 amide bonds. The summed E-state index contributed by atoms with van der Waals surface area (Å²) in [5.41, 5.74) is 4.45. The highest BCUT2D eigenvalue weighted by atomic mass is 35.5. The lowest BCUT2D eigenvalue weighted by atomic mass is 9.94. The molecule has 2 N–H and O–H groups in total. The lowest BCUT2D eigenvalue weighted by Crippen LogP contribution is -2.32. The van der Waals surface area contributed by atoms with Crippen molar-refractivity contribution in [1.82, 2.24) is 15.6 Å². The van der Waals surface area contributed by atoms with E-state index in [0.717, 1.165) is 77.2 Å². The number of ether oxygens (including phenoxy) is 1. The van der Waals surface area contributed by atoms with E-state index in [-0.39, 0.29) is 0 Å². The molecule has 1 unspecified atom stereocenters. The second-order valence-corrected chi connectivity index (χ2v) is 10.4. The number of azo groups is 1. The fraction of sp³-hybridized carbons (Fsp3) is 0.303. The molecule has 7 heteroatoms. The second kappa shape index (κ2) is 13.2. The fourth-order valence-corrected chi connectivity index (χ4v) is 5.51. The van der Waals surface area contributed by atoms with Gasteiger partial charge >= 0.3 is 0 Å². The van der Waals surface area contributed by atoms with E-state index in [4.69, 9.17) is 21.3 Å². The van der Waals surface area contributed by atoms with Gasteiger partial charge in [0.15, 0.2) is 0 Å². The molecule has 5 aromatic rings. The Labute approximate surface area is 240 Å². The number of pyridine rings is 1. The number of likely N-dealkylation sites (N-methyl/N-ethyl adjacent to an activating group) is 1. The Morgan fingerprint density at radius 2 is 1.65 bits per heavy atom. The van der Waals surface area contributed by atoms with Crippen molar-refractivity contribution in [2.24, 2.45) is 10.2 Å². The summed E-state index contributed by atoms with van der Waals surface area (Å²) in [6.07, 6.45) is 3.03. The summed E-state index contributed by atoms with van der Waals surface area (Å²) in [5.74, 6) is 0.660. The van der Waals surface area contributed by atoms with Crippen molar-refractivity contribution in [2.75, 3.05) is 26.7 Å². The summed E-state index contributed by atoms with van der Waals surface area (Å²) < 4.78 is 5.83. The molecule has 0 saturated heterocycles. The van der Waals surface area contributed by atoms with Crippen LogP contribution in [0.25, 0.3) is 32.6 Å². The maximum absolute atomic E-state index is 6.48. The summed E-state index contributed by atoms with van der Waals surface area (Å²) >= 11 is 6.48. The van der Waals surface area contributed by atoms with Crippen LogP contribution in [0.1, 0.15) is 32.3 Å². The third-order valence-electron chi connectivity index (χ3n) is 7.28.